The van der Waals surface area contributed by atoms with E-state index in [4.69, 9.17) is 15.4 Å². The number of nitrogen functional groups attached to an aromatic ring is 1. The number of nitrogens with two attached hydrogens (primary N) is 1. The summed E-state index contributed by atoms with van der Waals surface area (Å²) in [7, 11) is 1.29. The molecule has 2 heterocycles. The van der Waals surface area contributed by atoms with Crippen molar-refractivity contribution in [1.29, 1.82) is 0 Å². The number of esters is 1. The van der Waals surface area contributed by atoms with Crippen LogP contribution < -0.4 is 10.6 Å². The van der Waals surface area contributed by atoms with Gasteiger partial charge in [-0.3, -0.25) is 0 Å². The molecular formula is C11H17N3O4. The van der Waals surface area contributed by atoms with Crippen LogP contribution in [0.4, 0.5) is 11.7 Å². The van der Waals surface area contributed by atoms with Gasteiger partial charge in [0.2, 0.25) is 5.88 Å². The first-order valence-corrected chi connectivity index (χ1v) is 5.86. The van der Waals surface area contributed by atoms with Crippen molar-refractivity contribution < 1.29 is 19.2 Å². The molecule has 0 atom stereocenters. The van der Waals surface area contributed by atoms with Crippen molar-refractivity contribution in [3.63, 3.8) is 0 Å². The van der Waals surface area contributed by atoms with E-state index in [0.717, 1.165) is 12.8 Å². The third-order valence-corrected chi connectivity index (χ3v) is 3.26. The van der Waals surface area contributed by atoms with Gasteiger partial charge in [-0.15, -0.1) is 0 Å². The molecule has 100 valence electrons. The van der Waals surface area contributed by atoms with Gasteiger partial charge in [-0.2, -0.15) is 0 Å². The Morgan fingerprint density at radius 1 is 1.61 bits per heavy atom. The monoisotopic (exact) mass is 255 g/mol. The third-order valence-electron chi connectivity index (χ3n) is 3.26. The standard InChI is InChI=1S/C11H17N3O4/c1-17-11(16)8-9(12)18-13-10(8)14-4-2-7(6-15)3-5-14/h7,15H,2-6,12H2,1H3. The second kappa shape index (κ2) is 5.26. The zero-order valence-corrected chi connectivity index (χ0v) is 10.3. The predicted molar refractivity (Wildman–Crippen MR) is 64.3 cm³/mol. The number of rotatable bonds is 3. The molecule has 0 amide bonds. The Morgan fingerprint density at radius 3 is 2.83 bits per heavy atom. The maximum absolute atomic E-state index is 11.6. The average Bonchev–Trinajstić information content (AvgIpc) is 2.80. The fraction of sp³-hybridized carbons (Fsp3) is 0.636. The van der Waals surface area contributed by atoms with Crippen molar-refractivity contribution in [2.24, 2.45) is 5.92 Å². The Kier molecular flexibility index (Phi) is 3.71. The highest BCUT2D eigenvalue weighted by Crippen LogP contribution is 2.29. The van der Waals surface area contributed by atoms with E-state index in [1.807, 2.05) is 4.90 Å². The number of ether oxygens (including phenoxy) is 1. The van der Waals surface area contributed by atoms with Crippen LogP contribution >= 0.6 is 0 Å². The van der Waals surface area contributed by atoms with Crippen LogP contribution in [0.5, 0.6) is 0 Å². The molecule has 7 heteroatoms. The normalized spacial score (nSPS) is 16.9. The minimum absolute atomic E-state index is 0.0267. The zero-order valence-electron chi connectivity index (χ0n) is 10.3. The molecule has 0 aromatic carbocycles. The van der Waals surface area contributed by atoms with E-state index in [9.17, 15) is 4.79 Å². The number of hydrogen-bond donors (Lipinski definition) is 2. The Morgan fingerprint density at radius 2 is 2.28 bits per heavy atom. The summed E-state index contributed by atoms with van der Waals surface area (Å²) in [5.74, 6) is 0.164. The highest BCUT2D eigenvalue weighted by Gasteiger charge is 2.28. The molecule has 0 radical (unpaired) electrons. The van der Waals surface area contributed by atoms with Gasteiger partial charge < -0.3 is 25.0 Å². The third kappa shape index (κ3) is 2.26. The summed E-state index contributed by atoms with van der Waals surface area (Å²) in [6.45, 7) is 1.61. The van der Waals surface area contributed by atoms with Crippen molar-refractivity contribution in [1.82, 2.24) is 5.16 Å². The van der Waals surface area contributed by atoms with E-state index in [1.165, 1.54) is 7.11 Å². The lowest BCUT2D eigenvalue weighted by molar-refractivity contribution is 0.0602. The van der Waals surface area contributed by atoms with Crippen LogP contribution in [0.15, 0.2) is 4.52 Å². The van der Waals surface area contributed by atoms with E-state index in [-0.39, 0.29) is 18.1 Å². The molecule has 1 aliphatic heterocycles. The summed E-state index contributed by atoms with van der Waals surface area (Å²) < 4.78 is 9.52. The maximum atomic E-state index is 11.6. The van der Waals surface area contributed by atoms with Crippen molar-refractivity contribution >= 4 is 17.7 Å². The van der Waals surface area contributed by atoms with Gasteiger partial charge in [0.1, 0.15) is 0 Å². The summed E-state index contributed by atoms with van der Waals surface area (Å²) in [6.07, 6.45) is 1.70. The van der Waals surface area contributed by atoms with E-state index in [2.05, 4.69) is 9.89 Å². The van der Waals surface area contributed by atoms with Crippen LogP contribution in [-0.4, -0.2) is 43.0 Å². The Labute approximate surface area is 104 Å². The summed E-state index contributed by atoms with van der Waals surface area (Å²) in [4.78, 5) is 13.5. The first-order valence-electron chi connectivity index (χ1n) is 5.86. The van der Waals surface area contributed by atoms with Crippen molar-refractivity contribution in [2.45, 2.75) is 12.8 Å². The number of anilines is 2. The topological polar surface area (TPSA) is 102 Å². The van der Waals surface area contributed by atoms with Crippen LogP contribution in [0.25, 0.3) is 0 Å². The van der Waals surface area contributed by atoms with Crippen LogP contribution in [0.1, 0.15) is 23.2 Å². The summed E-state index contributed by atoms with van der Waals surface area (Å²) in [6, 6.07) is 0. The fourth-order valence-electron chi connectivity index (χ4n) is 2.13. The highest BCUT2D eigenvalue weighted by molar-refractivity contribution is 5.99. The predicted octanol–water partition coefficient (Wildman–Crippen LogP) is 0.252. The second-order valence-corrected chi connectivity index (χ2v) is 4.35. The number of hydrogen-bond acceptors (Lipinski definition) is 7. The van der Waals surface area contributed by atoms with Gasteiger partial charge in [0, 0.05) is 19.7 Å². The number of methoxy groups -OCH3 is 1. The Hall–Kier alpha value is -1.76. The molecule has 2 rings (SSSR count). The lowest BCUT2D eigenvalue weighted by Gasteiger charge is -2.31. The highest BCUT2D eigenvalue weighted by atomic mass is 16.5. The first kappa shape index (κ1) is 12.7. The van der Waals surface area contributed by atoms with Crippen LogP contribution in [-0.2, 0) is 4.74 Å². The maximum Gasteiger partial charge on any atom is 0.347 e. The lowest BCUT2D eigenvalue weighted by Crippen LogP contribution is -2.35. The van der Waals surface area contributed by atoms with E-state index < -0.39 is 5.97 Å². The van der Waals surface area contributed by atoms with Gasteiger partial charge in [0.15, 0.2) is 11.4 Å². The van der Waals surface area contributed by atoms with Gasteiger partial charge in [-0.05, 0) is 18.8 Å². The smallest absolute Gasteiger partial charge is 0.347 e. The van der Waals surface area contributed by atoms with E-state index in [1.54, 1.807) is 0 Å². The van der Waals surface area contributed by atoms with Crippen molar-refractivity contribution in [3.8, 4) is 0 Å². The fourth-order valence-corrected chi connectivity index (χ4v) is 2.13. The summed E-state index contributed by atoms with van der Waals surface area (Å²) in [5, 5.41) is 12.9. The van der Waals surface area contributed by atoms with Crippen molar-refractivity contribution in [3.05, 3.63) is 5.56 Å². The van der Waals surface area contributed by atoms with Crippen LogP contribution in [0.3, 0.4) is 0 Å². The van der Waals surface area contributed by atoms with Gasteiger partial charge in [-0.25, -0.2) is 4.79 Å². The molecule has 7 nitrogen and oxygen atoms in total. The van der Waals surface area contributed by atoms with Gasteiger partial charge in [0.25, 0.3) is 0 Å². The molecule has 18 heavy (non-hydrogen) atoms. The number of carbonyl (C=O) groups is 1. The summed E-state index contributed by atoms with van der Waals surface area (Å²) >= 11 is 0. The van der Waals surface area contributed by atoms with E-state index >= 15 is 0 Å². The SMILES string of the molecule is COC(=O)c1c(N2CCC(CO)CC2)noc1N. The number of aromatic nitrogens is 1. The van der Waals surface area contributed by atoms with Crippen LogP contribution in [0, 0.1) is 5.92 Å². The minimum Gasteiger partial charge on any atom is -0.465 e. The molecule has 1 fully saturated rings. The quantitative estimate of drug-likeness (QED) is 0.746. The second-order valence-electron chi connectivity index (χ2n) is 4.35. The van der Waals surface area contributed by atoms with Crippen LogP contribution in [0.2, 0.25) is 0 Å². The molecule has 1 aromatic rings. The van der Waals surface area contributed by atoms with Gasteiger partial charge in [0.05, 0.1) is 7.11 Å². The molecule has 0 spiro atoms. The number of carbonyl (C=O) groups excluding carboxylic acids is 1. The number of nitrogens with zero attached hydrogens (tertiary/aromatic N) is 2. The molecule has 0 bridgehead atoms. The van der Waals surface area contributed by atoms with Gasteiger partial charge in [-0.1, -0.05) is 5.16 Å². The molecular weight excluding hydrogens is 238 g/mol. The lowest BCUT2D eigenvalue weighted by atomic mass is 9.98. The van der Waals surface area contributed by atoms with Gasteiger partial charge >= 0.3 is 5.97 Å². The molecule has 0 saturated carbocycles. The molecule has 0 unspecified atom stereocenters. The molecule has 3 N–H and O–H groups in total. The minimum atomic E-state index is -0.548. The van der Waals surface area contributed by atoms with Crippen molar-refractivity contribution in [2.75, 3.05) is 37.4 Å². The Balaban J connectivity index is 2.17. The molecule has 1 aliphatic rings. The summed E-state index contributed by atoms with van der Waals surface area (Å²) in [5.41, 5.74) is 5.76. The Bertz CT molecular complexity index is 424. The molecule has 1 aromatic heterocycles. The largest absolute Gasteiger partial charge is 0.465 e. The number of piperidine rings is 1. The van der Waals surface area contributed by atoms with E-state index in [0.29, 0.717) is 24.8 Å². The molecule has 0 aliphatic carbocycles. The number of aliphatic hydroxyl groups is 1. The zero-order chi connectivity index (χ0) is 13.1. The molecule has 1 saturated heterocycles. The first-order chi connectivity index (χ1) is 8.67. The number of aliphatic hydroxyl groups excluding tert-OH is 1. The average molecular weight is 255 g/mol.